The molecule has 0 aromatic heterocycles. The molecule has 1 heterocycles. The summed E-state index contributed by atoms with van der Waals surface area (Å²) in [6.07, 6.45) is 1.18. The lowest BCUT2D eigenvalue weighted by Crippen LogP contribution is -2.33. The summed E-state index contributed by atoms with van der Waals surface area (Å²) >= 11 is 7.32. The van der Waals surface area contributed by atoms with Crippen LogP contribution in [0.5, 0.6) is 0 Å². The summed E-state index contributed by atoms with van der Waals surface area (Å²) < 4.78 is 13.8. The van der Waals surface area contributed by atoms with E-state index >= 15 is 0 Å². The fourth-order valence-electron chi connectivity index (χ4n) is 2.24. The highest BCUT2D eigenvalue weighted by Crippen LogP contribution is 2.35. The van der Waals surface area contributed by atoms with Crippen molar-refractivity contribution in [3.05, 3.63) is 35.6 Å². The molecule has 1 amide bonds. The van der Waals surface area contributed by atoms with Crippen LogP contribution in [0.25, 0.3) is 0 Å². The maximum Gasteiger partial charge on any atom is 0.223 e. The number of carbonyl (C=O) groups is 1. The van der Waals surface area contributed by atoms with E-state index in [4.69, 9.17) is 11.6 Å². The topological polar surface area (TPSA) is 20.3 Å². The normalized spacial score (nSPS) is 20.1. The largest absolute Gasteiger partial charge is 0.342 e. The number of alkyl halides is 1. The summed E-state index contributed by atoms with van der Waals surface area (Å²) in [4.78, 5) is 13.7. The minimum absolute atomic E-state index is 0.102. The molecule has 1 aliphatic heterocycles. The Morgan fingerprint density at radius 2 is 2.21 bits per heavy atom. The van der Waals surface area contributed by atoms with Crippen molar-refractivity contribution < 1.29 is 9.18 Å². The predicted octanol–water partition coefficient (Wildman–Crippen LogP) is 3.46. The van der Waals surface area contributed by atoms with Gasteiger partial charge in [0, 0.05) is 42.0 Å². The number of benzene rings is 1. The minimum Gasteiger partial charge on any atom is -0.342 e. The molecule has 1 aromatic carbocycles. The van der Waals surface area contributed by atoms with Crippen LogP contribution < -0.4 is 0 Å². The van der Waals surface area contributed by atoms with Gasteiger partial charge < -0.3 is 4.90 Å². The van der Waals surface area contributed by atoms with Gasteiger partial charge in [0.25, 0.3) is 0 Å². The minimum atomic E-state index is -0.152. The molecule has 0 bridgehead atoms. The third-order valence-corrected chi connectivity index (χ3v) is 4.75. The van der Waals surface area contributed by atoms with Crippen molar-refractivity contribution >= 4 is 29.3 Å². The number of amides is 1. The molecule has 1 atom stereocenters. The van der Waals surface area contributed by atoms with E-state index < -0.39 is 0 Å². The zero-order chi connectivity index (χ0) is 13.7. The first-order valence-electron chi connectivity index (χ1n) is 6.42. The van der Waals surface area contributed by atoms with Gasteiger partial charge in [0.15, 0.2) is 0 Å². The van der Waals surface area contributed by atoms with Gasteiger partial charge in [0.05, 0.1) is 0 Å². The zero-order valence-electron chi connectivity index (χ0n) is 10.6. The van der Waals surface area contributed by atoms with Crippen LogP contribution in [-0.4, -0.2) is 35.5 Å². The number of hydrogen-bond acceptors (Lipinski definition) is 2. The van der Waals surface area contributed by atoms with Crippen LogP contribution in [0.3, 0.4) is 0 Å². The second-order valence-electron chi connectivity index (χ2n) is 4.49. The predicted molar refractivity (Wildman–Crippen MR) is 78.1 cm³/mol. The van der Waals surface area contributed by atoms with Crippen molar-refractivity contribution in [1.29, 1.82) is 0 Å². The van der Waals surface area contributed by atoms with Gasteiger partial charge in [-0.2, -0.15) is 11.8 Å². The fourth-order valence-corrected chi connectivity index (χ4v) is 3.66. The molecule has 1 unspecified atom stereocenters. The van der Waals surface area contributed by atoms with Crippen molar-refractivity contribution in [1.82, 2.24) is 4.90 Å². The Morgan fingerprint density at radius 1 is 1.42 bits per heavy atom. The molecule has 1 saturated heterocycles. The average Bonchev–Trinajstić information content (AvgIpc) is 2.65. The molecule has 104 valence electrons. The summed E-state index contributed by atoms with van der Waals surface area (Å²) in [6.45, 7) is 1.41. The molecule has 0 saturated carbocycles. The van der Waals surface area contributed by atoms with Crippen molar-refractivity contribution in [2.75, 3.05) is 24.7 Å². The van der Waals surface area contributed by atoms with Crippen LogP contribution in [0.1, 0.15) is 23.7 Å². The highest BCUT2D eigenvalue weighted by atomic mass is 35.5. The third kappa shape index (κ3) is 3.86. The average molecular weight is 302 g/mol. The van der Waals surface area contributed by atoms with E-state index in [1.54, 1.807) is 17.8 Å². The van der Waals surface area contributed by atoms with Gasteiger partial charge in [0.1, 0.15) is 5.82 Å². The molecule has 1 aromatic rings. The van der Waals surface area contributed by atoms with Crippen molar-refractivity contribution in [3.63, 3.8) is 0 Å². The van der Waals surface area contributed by atoms with E-state index in [9.17, 15) is 9.18 Å². The summed E-state index contributed by atoms with van der Waals surface area (Å²) in [7, 11) is 0. The van der Waals surface area contributed by atoms with Crippen LogP contribution in [0.4, 0.5) is 4.39 Å². The Labute approximate surface area is 122 Å². The second kappa shape index (κ2) is 7.15. The molecule has 0 spiro atoms. The smallest absolute Gasteiger partial charge is 0.223 e. The van der Waals surface area contributed by atoms with Crippen LogP contribution in [0, 0.1) is 5.82 Å². The monoisotopic (exact) mass is 301 g/mol. The number of hydrogen-bond donors (Lipinski definition) is 0. The Kier molecular flexibility index (Phi) is 5.52. The third-order valence-electron chi connectivity index (χ3n) is 3.25. The molecule has 2 rings (SSSR count). The Hall–Kier alpha value is -0.740. The first kappa shape index (κ1) is 14.7. The lowest BCUT2D eigenvalue weighted by atomic mass is 10.1. The van der Waals surface area contributed by atoms with E-state index in [2.05, 4.69) is 0 Å². The fraction of sp³-hybridized carbons (Fsp3) is 0.500. The molecular formula is C14H17ClFNOS. The summed E-state index contributed by atoms with van der Waals surface area (Å²) in [6, 6.07) is 6.90. The number of carbonyl (C=O) groups excluding carboxylic acids is 1. The van der Waals surface area contributed by atoms with Gasteiger partial charge in [-0.15, -0.1) is 11.6 Å². The van der Waals surface area contributed by atoms with E-state index in [0.717, 1.165) is 24.3 Å². The first-order valence-corrected chi connectivity index (χ1v) is 8.00. The van der Waals surface area contributed by atoms with Crippen LogP contribution in [0.2, 0.25) is 0 Å². The van der Waals surface area contributed by atoms with E-state index in [1.807, 2.05) is 17.0 Å². The molecule has 1 aliphatic rings. The van der Waals surface area contributed by atoms with Gasteiger partial charge in [0.2, 0.25) is 5.91 Å². The number of rotatable bonds is 3. The van der Waals surface area contributed by atoms with Gasteiger partial charge in [-0.25, -0.2) is 4.39 Å². The quantitative estimate of drug-likeness (QED) is 0.797. The Balaban J connectivity index is 2.01. The van der Waals surface area contributed by atoms with Crippen molar-refractivity contribution in [3.8, 4) is 0 Å². The lowest BCUT2D eigenvalue weighted by Gasteiger charge is -2.19. The molecule has 5 heteroatoms. The highest BCUT2D eigenvalue weighted by molar-refractivity contribution is 7.99. The molecular weight excluding hydrogens is 285 g/mol. The Bertz CT molecular complexity index is 443. The summed E-state index contributed by atoms with van der Waals surface area (Å²) in [5, 5.41) is 0.134. The van der Waals surface area contributed by atoms with Crippen LogP contribution in [-0.2, 0) is 4.79 Å². The van der Waals surface area contributed by atoms with Crippen molar-refractivity contribution in [2.45, 2.75) is 18.1 Å². The second-order valence-corrected chi connectivity index (χ2v) is 6.18. The lowest BCUT2D eigenvalue weighted by molar-refractivity contribution is -0.130. The highest BCUT2D eigenvalue weighted by Gasteiger charge is 2.23. The first-order chi connectivity index (χ1) is 9.22. The number of nitrogens with zero attached hydrogens (tertiary/aromatic N) is 1. The maximum absolute atomic E-state index is 13.8. The van der Waals surface area contributed by atoms with Crippen LogP contribution in [0.15, 0.2) is 24.3 Å². The Morgan fingerprint density at radius 3 is 2.95 bits per heavy atom. The summed E-state index contributed by atoms with van der Waals surface area (Å²) in [5.41, 5.74) is 0.749. The van der Waals surface area contributed by atoms with E-state index in [1.165, 1.54) is 6.07 Å². The molecule has 0 radical (unpaired) electrons. The summed E-state index contributed by atoms with van der Waals surface area (Å²) in [5.74, 6) is 1.15. The number of thioether (sulfide) groups is 1. The van der Waals surface area contributed by atoms with Gasteiger partial charge in [-0.1, -0.05) is 18.2 Å². The van der Waals surface area contributed by atoms with Gasteiger partial charge in [-0.3, -0.25) is 4.79 Å². The maximum atomic E-state index is 13.8. The van der Waals surface area contributed by atoms with Gasteiger partial charge >= 0.3 is 0 Å². The SMILES string of the molecule is O=C(CCCl)N1CCSC(c2ccccc2F)CC1. The van der Waals surface area contributed by atoms with E-state index in [-0.39, 0.29) is 17.0 Å². The van der Waals surface area contributed by atoms with Crippen molar-refractivity contribution in [2.24, 2.45) is 0 Å². The number of halogens is 2. The van der Waals surface area contributed by atoms with Gasteiger partial charge in [-0.05, 0) is 12.5 Å². The zero-order valence-corrected chi connectivity index (χ0v) is 12.2. The molecule has 19 heavy (non-hydrogen) atoms. The molecule has 0 aliphatic carbocycles. The van der Waals surface area contributed by atoms with E-state index in [0.29, 0.717) is 18.8 Å². The standard InChI is InChI=1S/C14H17ClFNOS/c15-7-5-14(18)17-8-6-13(19-10-9-17)11-3-1-2-4-12(11)16/h1-4,13H,5-10H2. The molecule has 0 N–H and O–H groups in total. The molecule has 1 fully saturated rings. The molecule has 2 nitrogen and oxygen atoms in total. The van der Waals surface area contributed by atoms with Crippen LogP contribution >= 0.6 is 23.4 Å².